The SMILES string of the molecule is O=C(NCc1ncn[nH]1)[C@@H]1C[C@@H]1c1ccc(Cl)cc1. The maximum Gasteiger partial charge on any atom is 0.224 e. The number of rotatable bonds is 4. The molecular formula is C13H13ClN4O. The van der Waals surface area contributed by atoms with Crippen LogP contribution >= 0.6 is 11.6 Å². The van der Waals surface area contributed by atoms with Gasteiger partial charge >= 0.3 is 0 Å². The zero-order valence-corrected chi connectivity index (χ0v) is 10.9. The normalized spacial score (nSPS) is 21.1. The summed E-state index contributed by atoms with van der Waals surface area (Å²) >= 11 is 5.85. The summed E-state index contributed by atoms with van der Waals surface area (Å²) in [5, 5.41) is 10.0. The van der Waals surface area contributed by atoms with E-state index in [4.69, 9.17) is 11.6 Å². The van der Waals surface area contributed by atoms with Crippen LogP contribution in [0.15, 0.2) is 30.6 Å². The summed E-state index contributed by atoms with van der Waals surface area (Å²) < 4.78 is 0. The Hall–Kier alpha value is -1.88. The highest BCUT2D eigenvalue weighted by molar-refractivity contribution is 6.30. The maximum atomic E-state index is 12.0. The van der Waals surface area contributed by atoms with Gasteiger partial charge in [0.25, 0.3) is 0 Å². The van der Waals surface area contributed by atoms with E-state index in [2.05, 4.69) is 20.5 Å². The monoisotopic (exact) mass is 276 g/mol. The van der Waals surface area contributed by atoms with Crippen LogP contribution in [0.3, 0.4) is 0 Å². The molecule has 0 radical (unpaired) electrons. The molecular weight excluding hydrogens is 264 g/mol. The fourth-order valence-electron chi connectivity index (χ4n) is 2.18. The van der Waals surface area contributed by atoms with Gasteiger partial charge in [-0.2, -0.15) is 5.10 Å². The number of nitrogens with zero attached hydrogens (tertiary/aromatic N) is 2. The summed E-state index contributed by atoms with van der Waals surface area (Å²) in [5.41, 5.74) is 1.17. The molecule has 3 rings (SSSR count). The summed E-state index contributed by atoms with van der Waals surface area (Å²) in [6.07, 6.45) is 2.32. The summed E-state index contributed by atoms with van der Waals surface area (Å²) in [6.45, 7) is 0.392. The standard InChI is InChI=1S/C13H13ClN4O/c14-9-3-1-8(2-4-9)10-5-11(10)13(19)15-6-12-16-7-17-18-12/h1-4,7,10-11H,5-6H2,(H,15,19)(H,16,17,18)/t10-,11-/m1/s1. The molecule has 1 aromatic heterocycles. The lowest BCUT2D eigenvalue weighted by molar-refractivity contribution is -0.122. The van der Waals surface area contributed by atoms with Gasteiger partial charge in [-0.1, -0.05) is 23.7 Å². The van der Waals surface area contributed by atoms with Crippen LogP contribution in [0.1, 0.15) is 23.7 Å². The van der Waals surface area contributed by atoms with Crippen molar-refractivity contribution in [2.24, 2.45) is 5.92 Å². The van der Waals surface area contributed by atoms with E-state index in [1.165, 1.54) is 11.9 Å². The fourth-order valence-corrected chi connectivity index (χ4v) is 2.31. The van der Waals surface area contributed by atoms with Gasteiger partial charge in [0.15, 0.2) is 0 Å². The van der Waals surface area contributed by atoms with Gasteiger partial charge in [-0.15, -0.1) is 0 Å². The molecule has 0 bridgehead atoms. The second kappa shape index (κ2) is 5.01. The predicted octanol–water partition coefficient (Wildman–Crippen LogP) is 1.88. The highest BCUT2D eigenvalue weighted by Crippen LogP contribution is 2.47. The van der Waals surface area contributed by atoms with Crippen molar-refractivity contribution >= 4 is 17.5 Å². The minimum Gasteiger partial charge on any atom is -0.349 e. The molecule has 1 fully saturated rings. The van der Waals surface area contributed by atoms with Crippen molar-refractivity contribution in [3.05, 3.63) is 47.0 Å². The number of aromatic nitrogens is 3. The van der Waals surface area contributed by atoms with E-state index in [0.29, 0.717) is 18.3 Å². The molecule has 0 saturated heterocycles. The minimum absolute atomic E-state index is 0.0593. The van der Waals surface area contributed by atoms with Gasteiger partial charge in [0.1, 0.15) is 12.2 Å². The molecule has 2 aromatic rings. The van der Waals surface area contributed by atoms with Crippen molar-refractivity contribution in [3.63, 3.8) is 0 Å². The van der Waals surface area contributed by atoms with Crippen molar-refractivity contribution in [2.45, 2.75) is 18.9 Å². The van der Waals surface area contributed by atoms with Gasteiger partial charge < -0.3 is 5.32 Å². The number of H-pyrrole nitrogens is 1. The van der Waals surface area contributed by atoms with Crippen LogP contribution in [-0.4, -0.2) is 21.1 Å². The largest absolute Gasteiger partial charge is 0.349 e. The number of benzene rings is 1. The topological polar surface area (TPSA) is 70.7 Å². The lowest BCUT2D eigenvalue weighted by atomic mass is 10.1. The highest BCUT2D eigenvalue weighted by atomic mass is 35.5. The smallest absolute Gasteiger partial charge is 0.224 e. The van der Waals surface area contributed by atoms with Crippen LogP contribution in [0, 0.1) is 5.92 Å². The van der Waals surface area contributed by atoms with Gasteiger partial charge in [-0.05, 0) is 30.0 Å². The summed E-state index contributed by atoms with van der Waals surface area (Å²) in [6, 6.07) is 7.69. The van der Waals surface area contributed by atoms with Crippen molar-refractivity contribution < 1.29 is 4.79 Å². The Balaban J connectivity index is 1.54. The maximum absolute atomic E-state index is 12.0. The number of hydrogen-bond donors (Lipinski definition) is 2. The van der Waals surface area contributed by atoms with Crippen molar-refractivity contribution in [3.8, 4) is 0 Å². The van der Waals surface area contributed by atoms with Gasteiger partial charge in [0.2, 0.25) is 5.91 Å². The first-order valence-electron chi connectivity index (χ1n) is 6.11. The Morgan fingerprint density at radius 2 is 2.21 bits per heavy atom. The van der Waals surface area contributed by atoms with Crippen molar-refractivity contribution in [1.29, 1.82) is 0 Å². The zero-order valence-electron chi connectivity index (χ0n) is 10.1. The van der Waals surface area contributed by atoms with Crippen LogP contribution in [0.5, 0.6) is 0 Å². The van der Waals surface area contributed by atoms with E-state index in [1.54, 1.807) is 0 Å². The molecule has 6 heteroatoms. The average molecular weight is 277 g/mol. The molecule has 1 amide bonds. The lowest BCUT2D eigenvalue weighted by Gasteiger charge is -2.03. The van der Waals surface area contributed by atoms with Gasteiger partial charge in [0, 0.05) is 10.9 Å². The molecule has 1 aliphatic carbocycles. The molecule has 2 N–H and O–H groups in total. The highest BCUT2D eigenvalue weighted by Gasteiger charge is 2.43. The third-order valence-electron chi connectivity index (χ3n) is 3.32. The fraction of sp³-hybridized carbons (Fsp3) is 0.308. The van der Waals surface area contributed by atoms with E-state index in [-0.39, 0.29) is 11.8 Å². The van der Waals surface area contributed by atoms with Crippen LogP contribution in [-0.2, 0) is 11.3 Å². The van der Waals surface area contributed by atoms with Crippen molar-refractivity contribution in [1.82, 2.24) is 20.5 Å². The zero-order chi connectivity index (χ0) is 13.2. The summed E-state index contributed by atoms with van der Waals surface area (Å²) in [5.74, 6) is 1.10. The van der Waals surface area contributed by atoms with Crippen LogP contribution in [0.2, 0.25) is 5.02 Å². The molecule has 2 atom stereocenters. The Labute approximate surface area is 115 Å². The van der Waals surface area contributed by atoms with Crippen LogP contribution < -0.4 is 5.32 Å². The third kappa shape index (κ3) is 2.76. The van der Waals surface area contributed by atoms with Gasteiger partial charge in [-0.25, -0.2) is 4.98 Å². The Bertz CT molecular complexity index is 567. The second-order valence-corrected chi connectivity index (χ2v) is 5.09. The second-order valence-electron chi connectivity index (χ2n) is 4.65. The molecule has 0 aliphatic heterocycles. The van der Waals surface area contributed by atoms with E-state index in [1.807, 2.05) is 24.3 Å². The first-order chi connectivity index (χ1) is 9.24. The number of carbonyl (C=O) groups excluding carboxylic acids is 1. The predicted molar refractivity (Wildman–Crippen MR) is 70.5 cm³/mol. The first-order valence-corrected chi connectivity index (χ1v) is 6.49. The molecule has 98 valence electrons. The molecule has 19 heavy (non-hydrogen) atoms. The molecule has 1 aromatic carbocycles. The van der Waals surface area contributed by atoms with E-state index >= 15 is 0 Å². The number of hydrogen-bond acceptors (Lipinski definition) is 3. The quantitative estimate of drug-likeness (QED) is 0.896. The molecule has 0 spiro atoms. The summed E-state index contributed by atoms with van der Waals surface area (Å²) in [4.78, 5) is 15.9. The molecule has 1 heterocycles. The average Bonchev–Trinajstić information content (AvgIpc) is 3.05. The number of amides is 1. The van der Waals surface area contributed by atoms with Crippen LogP contribution in [0.4, 0.5) is 0 Å². The first kappa shape index (κ1) is 12.2. The van der Waals surface area contributed by atoms with E-state index in [9.17, 15) is 4.79 Å². The minimum atomic E-state index is 0.0593. The van der Waals surface area contributed by atoms with Crippen LogP contribution in [0.25, 0.3) is 0 Å². The van der Waals surface area contributed by atoms with Gasteiger partial charge in [0.05, 0.1) is 6.54 Å². The lowest BCUT2D eigenvalue weighted by Crippen LogP contribution is -2.25. The molecule has 5 nitrogen and oxygen atoms in total. The number of nitrogens with one attached hydrogen (secondary N) is 2. The molecule has 1 saturated carbocycles. The van der Waals surface area contributed by atoms with Gasteiger partial charge in [-0.3, -0.25) is 9.89 Å². The molecule has 1 aliphatic rings. The Morgan fingerprint density at radius 3 is 2.89 bits per heavy atom. The number of halogens is 1. The van der Waals surface area contributed by atoms with E-state index < -0.39 is 0 Å². The Morgan fingerprint density at radius 1 is 1.42 bits per heavy atom. The van der Waals surface area contributed by atoms with E-state index in [0.717, 1.165) is 11.4 Å². The third-order valence-corrected chi connectivity index (χ3v) is 3.57. The number of aromatic amines is 1. The molecule has 0 unspecified atom stereocenters. The summed E-state index contributed by atoms with van der Waals surface area (Å²) in [7, 11) is 0. The van der Waals surface area contributed by atoms with Crippen molar-refractivity contribution in [2.75, 3.05) is 0 Å². The Kier molecular flexibility index (Phi) is 3.21. The number of carbonyl (C=O) groups is 1.